The first-order valence-electron chi connectivity index (χ1n) is 0.730. The molecule has 0 heterocycles. The Kier molecular flexibility index (Phi) is 24.2. The summed E-state index contributed by atoms with van der Waals surface area (Å²) >= 11 is 0. The van der Waals surface area contributed by atoms with Gasteiger partial charge in [-0.05, 0) is 0 Å². The first-order chi connectivity index (χ1) is 2.00. The summed E-state index contributed by atoms with van der Waals surface area (Å²) in [6.45, 7) is 0. The summed E-state index contributed by atoms with van der Waals surface area (Å²) in [5.41, 5.74) is 0. The predicted octanol–water partition coefficient (Wildman–Crippen LogP) is -8.82. The van der Waals surface area contributed by atoms with Crippen LogP contribution in [0.3, 0.4) is 0 Å². The number of hydrogen-bond donors (Lipinski definition) is 0. The van der Waals surface area contributed by atoms with Crippen molar-refractivity contribution in [3.8, 4) is 0 Å². The molecule has 8 heavy (non-hydrogen) atoms. The van der Waals surface area contributed by atoms with Gasteiger partial charge in [0, 0.05) is 17.1 Å². The zero-order valence-electron chi connectivity index (χ0n) is 3.81. The van der Waals surface area contributed by atoms with E-state index in [0.29, 0.717) is 0 Å². The molecule has 0 bridgehead atoms. The van der Waals surface area contributed by atoms with Gasteiger partial charge in [-0.1, -0.05) is 0 Å². The molecule has 0 saturated carbocycles. The number of halogens is 1. The Labute approximate surface area is 78.0 Å². The molecule has 0 aromatic rings. The Bertz CT molecular complexity index is 62.2. The SMILES string of the molecule is O=P([O-])([O-])[O-].[F-].[Fe].[Na+]. The maximum atomic E-state index is 8.55. The number of rotatable bonds is 0. The largest absolute Gasteiger partial charge is 1.00 e. The Morgan fingerprint density at radius 2 is 1.12 bits per heavy atom. The van der Waals surface area contributed by atoms with Crippen LogP contribution in [0.2, 0.25) is 0 Å². The van der Waals surface area contributed by atoms with Gasteiger partial charge in [-0.3, -0.25) is 0 Å². The number of phosphoric acid groups is 1. The van der Waals surface area contributed by atoms with Crippen molar-refractivity contribution in [2.24, 2.45) is 0 Å². The Balaban J connectivity index is -0.0000000267. The van der Waals surface area contributed by atoms with E-state index < -0.39 is 7.82 Å². The molecule has 0 N–H and O–H groups in total. The molecule has 0 fully saturated rings. The molecule has 8 heteroatoms. The van der Waals surface area contributed by atoms with Gasteiger partial charge in [-0.25, -0.2) is 0 Å². The molecule has 0 spiro atoms. The Morgan fingerprint density at radius 1 is 1.12 bits per heavy atom. The van der Waals surface area contributed by atoms with Crippen molar-refractivity contribution >= 4 is 7.82 Å². The zero-order chi connectivity index (χ0) is 4.50. The second-order valence-electron chi connectivity index (χ2n) is 0.447. The summed E-state index contributed by atoms with van der Waals surface area (Å²) in [6, 6.07) is 0. The normalized spacial score (nSPS) is 7.38. The first-order valence-corrected chi connectivity index (χ1v) is 2.19. The van der Waals surface area contributed by atoms with E-state index in [-0.39, 0.29) is 51.3 Å². The standard InChI is InChI=1S/FH.Fe.Na.H3O4P/c;;;1-5(2,3)4/h1H;;;(H3,1,2,3,4)/q;;+1;/p-4. The minimum absolute atomic E-state index is 0. The maximum absolute atomic E-state index is 8.55. The zero-order valence-corrected chi connectivity index (χ0v) is 7.81. The third-order valence-electron chi connectivity index (χ3n) is 0. The van der Waals surface area contributed by atoms with Crippen LogP contribution < -0.4 is 48.9 Å². The van der Waals surface area contributed by atoms with Gasteiger partial charge in [-0.15, -0.1) is 0 Å². The molecular formula is FFeNaO4P-3. The summed E-state index contributed by atoms with van der Waals surface area (Å²) in [4.78, 5) is 25.6. The van der Waals surface area contributed by atoms with E-state index in [1.165, 1.54) is 0 Å². The quantitative estimate of drug-likeness (QED) is 0.282. The molecule has 0 aliphatic heterocycles. The minimum atomic E-state index is -5.39. The third kappa shape index (κ3) is 134. The van der Waals surface area contributed by atoms with Gasteiger partial charge in [0.1, 0.15) is 0 Å². The molecule has 0 aromatic carbocycles. The van der Waals surface area contributed by atoms with Gasteiger partial charge >= 0.3 is 29.6 Å². The smallest absolute Gasteiger partial charge is 1.00 e. The van der Waals surface area contributed by atoms with Gasteiger partial charge in [0.15, 0.2) is 0 Å². The van der Waals surface area contributed by atoms with Gasteiger partial charge < -0.3 is 23.9 Å². The van der Waals surface area contributed by atoms with Crippen molar-refractivity contribution in [2.75, 3.05) is 0 Å². The average molecular weight is 193 g/mol. The fraction of sp³-hybridized carbons (Fsp3) is 0. The minimum Gasteiger partial charge on any atom is -1.00 e. The molecule has 0 rings (SSSR count). The predicted molar refractivity (Wildman–Crippen MR) is 7.61 cm³/mol. The average Bonchev–Trinajstić information content (AvgIpc) is 0.722. The van der Waals surface area contributed by atoms with Crippen molar-refractivity contribution < 1.29 is 70.6 Å². The second kappa shape index (κ2) is 8.56. The van der Waals surface area contributed by atoms with E-state index in [9.17, 15) is 0 Å². The molecule has 0 amide bonds. The summed E-state index contributed by atoms with van der Waals surface area (Å²) in [5, 5.41) is 0. The fourth-order valence-electron chi connectivity index (χ4n) is 0. The summed E-state index contributed by atoms with van der Waals surface area (Å²) in [6.07, 6.45) is 0. The first kappa shape index (κ1) is 22.7. The summed E-state index contributed by atoms with van der Waals surface area (Å²) in [7, 11) is -5.39. The molecule has 0 radical (unpaired) electrons. The van der Waals surface area contributed by atoms with Crippen LogP contribution >= 0.6 is 7.82 Å². The third-order valence-corrected chi connectivity index (χ3v) is 0. The van der Waals surface area contributed by atoms with E-state index in [1.54, 1.807) is 0 Å². The molecule has 48 valence electrons. The van der Waals surface area contributed by atoms with Crippen LogP contribution in [-0.4, -0.2) is 0 Å². The molecular weight excluding hydrogens is 193 g/mol. The maximum Gasteiger partial charge on any atom is 1.00 e. The van der Waals surface area contributed by atoms with Crippen molar-refractivity contribution in [3.63, 3.8) is 0 Å². The molecule has 0 atom stereocenters. The van der Waals surface area contributed by atoms with Crippen molar-refractivity contribution in [3.05, 3.63) is 0 Å². The van der Waals surface area contributed by atoms with Crippen molar-refractivity contribution in [2.45, 2.75) is 0 Å². The van der Waals surface area contributed by atoms with Crippen molar-refractivity contribution in [1.29, 1.82) is 0 Å². The topological polar surface area (TPSA) is 86.2 Å². The molecule has 0 aliphatic rings. The van der Waals surface area contributed by atoms with E-state index in [1.807, 2.05) is 0 Å². The van der Waals surface area contributed by atoms with Crippen LogP contribution in [0.15, 0.2) is 0 Å². The van der Waals surface area contributed by atoms with Gasteiger partial charge in [0.05, 0.1) is 0 Å². The van der Waals surface area contributed by atoms with Crippen LogP contribution in [0, 0.1) is 0 Å². The van der Waals surface area contributed by atoms with Crippen LogP contribution in [0.5, 0.6) is 0 Å². The summed E-state index contributed by atoms with van der Waals surface area (Å²) in [5.74, 6) is 0. The van der Waals surface area contributed by atoms with Crippen LogP contribution in [-0.2, 0) is 21.6 Å². The Morgan fingerprint density at radius 3 is 1.12 bits per heavy atom. The molecule has 0 aromatic heterocycles. The fourth-order valence-corrected chi connectivity index (χ4v) is 0. The van der Waals surface area contributed by atoms with E-state index in [4.69, 9.17) is 19.2 Å². The van der Waals surface area contributed by atoms with Crippen LogP contribution in [0.1, 0.15) is 0 Å². The number of hydrogen-bond acceptors (Lipinski definition) is 4. The molecule has 0 aliphatic carbocycles. The van der Waals surface area contributed by atoms with Crippen molar-refractivity contribution in [1.82, 2.24) is 0 Å². The monoisotopic (exact) mass is 193 g/mol. The van der Waals surface area contributed by atoms with Crippen LogP contribution in [0.4, 0.5) is 0 Å². The van der Waals surface area contributed by atoms with Gasteiger partial charge in [-0.2, -0.15) is 7.82 Å². The van der Waals surface area contributed by atoms with E-state index >= 15 is 0 Å². The molecule has 0 unspecified atom stereocenters. The Hall–Kier alpha value is 1.56. The van der Waals surface area contributed by atoms with E-state index in [0.717, 1.165) is 0 Å². The van der Waals surface area contributed by atoms with E-state index in [2.05, 4.69) is 0 Å². The summed E-state index contributed by atoms with van der Waals surface area (Å²) < 4.78 is 8.55. The van der Waals surface area contributed by atoms with Gasteiger partial charge in [0.25, 0.3) is 0 Å². The van der Waals surface area contributed by atoms with Gasteiger partial charge in [0.2, 0.25) is 0 Å². The molecule has 0 saturated heterocycles. The van der Waals surface area contributed by atoms with Crippen LogP contribution in [0.25, 0.3) is 0 Å². The molecule has 4 nitrogen and oxygen atoms in total. The second-order valence-corrected chi connectivity index (χ2v) is 1.34.